The fourth-order valence-electron chi connectivity index (χ4n) is 1.15. The molecule has 0 radical (unpaired) electrons. The van der Waals surface area contributed by atoms with E-state index in [4.69, 9.17) is 20.3 Å². The van der Waals surface area contributed by atoms with Gasteiger partial charge in [0, 0.05) is 45.7 Å². The first kappa shape index (κ1) is 4.01. The molecule has 84 valence electrons. The highest BCUT2D eigenvalue weighted by molar-refractivity contribution is 9.10. The highest BCUT2D eigenvalue weighted by Crippen LogP contribution is 2.23. The molecule has 0 atom stereocenters. The van der Waals surface area contributed by atoms with Crippen molar-refractivity contribution >= 4 is 21.6 Å². The molecule has 1 saturated heterocycles. The summed E-state index contributed by atoms with van der Waals surface area (Å²) >= 11 is 3.09. The lowest BCUT2D eigenvalue weighted by Crippen LogP contribution is -2.44. The van der Waals surface area contributed by atoms with Crippen LogP contribution in [0.1, 0.15) is 20.6 Å². The molecule has 1 aliphatic heterocycles. The van der Waals surface area contributed by atoms with Crippen LogP contribution in [-0.2, 0) is 0 Å². The molecule has 1 fully saturated rings. The van der Waals surface area contributed by atoms with Gasteiger partial charge in [0.05, 0.1) is 17.1 Å². The summed E-state index contributed by atoms with van der Waals surface area (Å²) in [6, 6.07) is 5.40. The molecule has 1 aliphatic rings. The Bertz CT molecular complexity index is 771. The molecule has 0 aromatic heterocycles. The molecule has 0 amide bonds. The minimum atomic E-state index is -3.46. The lowest BCUT2D eigenvalue weighted by atomic mass is 10.2. The van der Waals surface area contributed by atoms with Crippen molar-refractivity contribution in [1.29, 1.82) is 5.26 Å². The molecule has 16 heavy (non-hydrogen) atoms. The average Bonchev–Trinajstić information content (AvgIpc) is 2.42. The third-order valence-electron chi connectivity index (χ3n) is 1.82. The van der Waals surface area contributed by atoms with E-state index in [-0.39, 0.29) is 20.6 Å². The SMILES string of the molecule is [2H]C([2H])([2H])N1C([2H])([2H])C([2H])([2H])N(c2cc(Br)cc(C#N)c2)C([2H])([2H])C1([2H])[2H]. The fraction of sp³-hybridized carbons (Fsp3) is 0.417. The predicted molar refractivity (Wildman–Crippen MR) is 68.6 cm³/mol. The molecule has 0 saturated carbocycles. The van der Waals surface area contributed by atoms with E-state index >= 15 is 0 Å². The van der Waals surface area contributed by atoms with Crippen LogP contribution in [0.15, 0.2) is 22.7 Å². The Morgan fingerprint density at radius 2 is 2.12 bits per heavy atom. The van der Waals surface area contributed by atoms with Gasteiger partial charge in [-0.25, -0.2) is 0 Å². The fourth-order valence-corrected chi connectivity index (χ4v) is 1.63. The van der Waals surface area contributed by atoms with Gasteiger partial charge in [0.2, 0.25) is 0 Å². The topological polar surface area (TPSA) is 30.3 Å². The van der Waals surface area contributed by atoms with Crippen LogP contribution in [0, 0.1) is 11.3 Å². The first-order chi connectivity index (χ1) is 11.9. The molecule has 1 aromatic rings. The number of nitriles is 1. The van der Waals surface area contributed by atoms with Gasteiger partial charge in [0.1, 0.15) is 0 Å². The largest absolute Gasteiger partial charge is 0.369 e. The molecular weight excluding hydrogens is 266 g/mol. The summed E-state index contributed by atoms with van der Waals surface area (Å²) in [6.07, 6.45) is 0. The van der Waals surface area contributed by atoms with Gasteiger partial charge in [-0.1, -0.05) is 15.9 Å². The number of piperazine rings is 1. The lowest BCUT2D eigenvalue weighted by Gasteiger charge is -2.34. The summed E-state index contributed by atoms with van der Waals surface area (Å²) in [5.74, 6) is 0. The zero-order valence-electron chi connectivity index (χ0n) is 19.0. The van der Waals surface area contributed by atoms with Crippen LogP contribution < -0.4 is 4.90 Å². The van der Waals surface area contributed by atoms with Gasteiger partial charge in [-0.3, -0.25) is 0 Å². The summed E-state index contributed by atoms with van der Waals surface area (Å²) in [6.45, 7) is -17.0. The van der Waals surface area contributed by atoms with Gasteiger partial charge < -0.3 is 9.80 Å². The number of anilines is 1. The normalized spacial score (nSPS) is 40.8. The zero-order valence-corrected chi connectivity index (χ0v) is 9.54. The second-order valence-electron chi connectivity index (χ2n) is 2.93. The molecule has 1 heterocycles. The number of hydrogen-bond donors (Lipinski definition) is 0. The van der Waals surface area contributed by atoms with Gasteiger partial charge in [0.15, 0.2) is 0 Å². The predicted octanol–water partition coefficient (Wildman–Crippen LogP) is 2.07. The van der Waals surface area contributed by atoms with E-state index in [1.807, 2.05) is 0 Å². The molecular formula is C12H14BrN3. The maximum Gasteiger partial charge on any atom is 0.0992 e. The maximum absolute atomic E-state index is 9.09. The van der Waals surface area contributed by atoms with Gasteiger partial charge in [0.25, 0.3) is 0 Å². The first-order valence-electron chi connectivity index (χ1n) is 9.74. The molecule has 4 heteroatoms. The van der Waals surface area contributed by atoms with Crippen LogP contribution >= 0.6 is 15.9 Å². The molecule has 0 unspecified atom stereocenters. The Morgan fingerprint density at radius 3 is 2.75 bits per heavy atom. The second kappa shape index (κ2) is 4.86. The van der Waals surface area contributed by atoms with E-state index in [1.165, 1.54) is 12.1 Å². The van der Waals surface area contributed by atoms with Crippen molar-refractivity contribution < 1.29 is 15.1 Å². The third-order valence-corrected chi connectivity index (χ3v) is 2.27. The average molecular weight is 291 g/mol. The van der Waals surface area contributed by atoms with E-state index in [2.05, 4.69) is 15.9 Å². The standard InChI is InChI=1S/C12H14BrN3/c1-15-2-4-16(5-3-15)12-7-10(9-14)6-11(13)8-12/h6-8H,2-5H2,1H3/i1D3,2D2,3D2,4D2,5D2. The summed E-state index contributed by atoms with van der Waals surface area (Å²) in [5, 5.41) is 9.09. The number of likely N-dealkylation sites (N-methyl/N-ethyl adjacent to an activating group) is 1. The van der Waals surface area contributed by atoms with E-state index in [1.54, 1.807) is 6.07 Å². The first-order valence-corrected chi connectivity index (χ1v) is 5.03. The van der Waals surface area contributed by atoms with Gasteiger partial charge in [-0.15, -0.1) is 0 Å². The van der Waals surface area contributed by atoms with E-state index < -0.39 is 37.9 Å². The van der Waals surface area contributed by atoms with Gasteiger partial charge in [-0.2, -0.15) is 5.26 Å². The number of hydrogen-bond acceptors (Lipinski definition) is 3. The number of rotatable bonds is 1. The summed E-state index contributed by atoms with van der Waals surface area (Å²) in [5.41, 5.74) is -0.334. The monoisotopic (exact) mass is 290 g/mol. The van der Waals surface area contributed by atoms with Crippen LogP contribution in [0.3, 0.4) is 0 Å². The summed E-state index contributed by atoms with van der Waals surface area (Å²) in [4.78, 5) is -0.194. The zero-order chi connectivity index (χ0) is 21.2. The van der Waals surface area contributed by atoms with Crippen molar-refractivity contribution in [3.8, 4) is 6.07 Å². The van der Waals surface area contributed by atoms with Crippen molar-refractivity contribution in [2.24, 2.45) is 0 Å². The van der Waals surface area contributed by atoms with Crippen LogP contribution in [0.25, 0.3) is 0 Å². The van der Waals surface area contributed by atoms with E-state index in [0.717, 1.165) is 6.07 Å². The molecule has 0 spiro atoms. The van der Waals surface area contributed by atoms with Gasteiger partial charge >= 0.3 is 0 Å². The van der Waals surface area contributed by atoms with Crippen LogP contribution in [0.5, 0.6) is 0 Å². The van der Waals surface area contributed by atoms with Crippen molar-refractivity contribution in [3.63, 3.8) is 0 Å². The second-order valence-corrected chi connectivity index (χ2v) is 3.84. The minimum absolute atomic E-state index is 0.00894. The Morgan fingerprint density at radius 1 is 1.38 bits per heavy atom. The van der Waals surface area contributed by atoms with E-state index in [9.17, 15) is 0 Å². The number of halogens is 1. The Labute approximate surface area is 120 Å². The van der Waals surface area contributed by atoms with Crippen molar-refractivity contribution in [2.45, 2.75) is 0 Å². The third kappa shape index (κ3) is 2.55. The molecule has 2 rings (SSSR count). The molecule has 1 aromatic carbocycles. The maximum atomic E-state index is 9.09. The Balaban J connectivity index is 2.85. The lowest BCUT2D eigenvalue weighted by molar-refractivity contribution is 0.313. The number of benzene rings is 1. The Hall–Kier alpha value is -1.05. The summed E-state index contributed by atoms with van der Waals surface area (Å²) in [7, 11) is 0. The molecule has 0 N–H and O–H groups in total. The van der Waals surface area contributed by atoms with Crippen LogP contribution in [0.2, 0.25) is 0 Å². The van der Waals surface area contributed by atoms with Crippen LogP contribution in [-0.4, -0.2) is 37.9 Å². The smallest absolute Gasteiger partial charge is 0.0992 e. The number of nitrogens with zero attached hydrogens (tertiary/aromatic N) is 3. The quantitative estimate of drug-likeness (QED) is 0.793. The Kier molecular flexibility index (Phi) is 1.22. The molecule has 0 aliphatic carbocycles. The van der Waals surface area contributed by atoms with Gasteiger partial charge in [-0.05, 0) is 25.2 Å². The van der Waals surface area contributed by atoms with E-state index in [0.29, 0.717) is 0 Å². The van der Waals surface area contributed by atoms with Crippen molar-refractivity contribution in [1.82, 2.24) is 4.90 Å². The minimum Gasteiger partial charge on any atom is -0.369 e. The highest BCUT2D eigenvalue weighted by Gasteiger charge is 2.14. The molecule has 0 bridgehead atoms. The van der Waals surface area contributed by atoms with Crippen molar-refractivity contribution in [3.05, 3.63) is 28.2 Å². The van der Waals surface area contributed by atoms with Crippen molar-refractivity contribution in [2.75, 3.05) is 37.9 Å². The summed E-state index contributed by atoms with van der Waals surface area (Å²) < 4.78 is 87.5. The highest BCUT2D eigenvalue weighted by atomic mass is 79.9. The van der Waals surface area contributed by atoms with Crippen LogP contribution in [0.4, 0.5) is 5.69 Å². The molecule has 3 nitrogen and oxygen atoms in total.